The van der Waals surface area contributed by atoms with Gasteiger partial charge in [-0.1, -0.05) is 30.7 Å². The molecule has 126 valence electrons. The maximum atomic E-state index is 12.8. The van der Waals surface area contributed by atoms with Crippen LogP contribution in [0.1, 0.15) is 55.8 Å². The topological polar surface area (TPSA) is 52.6 Å². The van der Waals surface area contributed by atoms with E-state index in [1.807, 2.05) is 4.90 Å². The minimum Gasteiger partial charge on any atom is -0.393 e. The minimum absolute atomic E-state index is 0.0272. The summed E-state index contributed by atoms with van der Waals surface area (Å²) < 4.78 is 0. The quantitative estimate of drug-likeness (QED) is 0.900. The Kier molecular flexibility index (Phi) is 4.62. The van der Waals surface area contributed by atoms with Gasteiger partial charge in [-0.15, -0.1) is 0 Å². The van der Waals surface area contributed by atoms with Crippen molar-refractivity contribution in [2.24, 2.45) is 5.92 Å². The first-order valence-electron chi connectivity index (χ1n) is 8.80. The second-order valence-electron chi connectivity index (χ2n) is 7.39. The van der Waals surface area contributed by atoms with E-state index >= 15 is 0 Å². The second-order valence-corrected chi connectivity index (χ2v) is 7.39. The van der Waals surface area contributed by atoms with Crippen molar-refractivity contribution < 1.29 is 9.90 Å². The predicted molar refractivity (Wildman–Crippen MR) is 91.3 cm³/mol. The molecule has 1 aliphatic heterocycles. The smallest absolute Gasteiger partial charge is 0.318 e. The first-order valence-corrected chi connectivity index (χ1v) is 8.80. The van der Waals surface area contributed by atoms with Crippen LogP contribution in [0, 0.1) is 12.8 Å². The fourth-order valence-corrected chi connectivity index (χ4v) is 4.14. The van der Waals surface area contributed by atoms with E-state index in [9.17, 15) is 9.90 Å². The fourth-order valence-electron chi connectivity index (χ4n) is 4.14. The predicted octanol–water partition coefficient (Wildman–Crippen LogP) is 3.17. The molecule has 1 aromatic rings. The number of carbonyl (C=O) groups excluding carboxylic acids is 1. The lowest BCUT2D eigenvalue weighted by atomic mass is 10.0. The zero-order valence-corrected chi connectivity index (χ0v) is 14.4. The van der Waals surface area contributed by atoms with Crippen LogP contribution in [0.2, 0.25) is 0 Å². The van der Waals surface area contributed by atoms with Gasteiger partial charge in [0.25, 0.3) is 0 Å². The normalized spacial score (nSPS) is 27.8. The number of aliphatic hydroxyl groups is 1. The Labute approximate surface area is 138 Å². The molecule has 4 heteroatoms. The van der Waals surface area contributed by atoms with Gasteiger partial charge in [-0.3, -0.25) is 0 Å². The molecule has 1 aromatic carbocycles. The lowest BCUT2D eigenvalue weighted by Crippen LogP contribution is -2.45. The summed E-state index contributed by atoms with van der Waals surface area (Å²) in [5, 5.41) is 12.9. The third-order valence-corrected chi connectivity index (χ3v) is 5.28. The SMILES string of the molecule is Cc1ccc2c(c1)C(NC(=O)N1CCCC1CC(C)O)C(C)C2. The molecule has 1 heterocycles. The first-order chi connectivity index (χ1) is 11.0. The van der Waals surface area contributed by atoms with E-state index in [0.29, 0.717) is 12.3 Å². The standard InChI is InChI=1S/C19H28N2O2/c1-12-6-7-15-10-13(2)18(17(15)9-12)20-19(23)21-8-4-5-16(21)11-14(3)22/h6-7,9,13-14,16,18,22H,4-5,8,10-11H2,1-3H3,(H,20,23). The number of hydrogen-bond acceptors (Lipinski definition) is 2. The molecule has 4 unspecified atom stereocenters. The van der Waals surface area contributed by atoms with E-state index in [-0.39, 0.29) is 24.2 Å². The minimum atomic E-state index is -0.359. The highest BCUT2D eigenvalue weighted by Gasteiger charge is 2.35. The van der Waals surface area contributed by atoms with E-state index < -0.39 is 0 Å². The van der Waals surface area contributed by atoms with Gasteiger partial charge in [0.05, 0.1) is 12.1 Å². The van der Waals surface area contributed by atoms with Crippen molar-refractivity contribution in [1.29, 1.82) is 0 Å². The fraction of sp³-hybridized carbons (Fsp3) is 0.632. The molecule has 4 nitrogen and oxygen atoms in total. The van der Waals surface area contributed by atoms with E-state index in [4.69, 9.17) is 0 Å². The van der Waals surface area contributed by atoms with Gasteiger partial charge in [0.1, 0.15) is 0 Å². The number of aryl methyl sites for hydroxylation is 1. The summed E-state index contributed by atoms with van der Waals surface area (Å²) >= 11 is 0. The van der Waals surface area contributed by atoms with Crippen LogP contribution in [0.25, 0.3) is 0 Å². The summed E-state index contributed by atoms with van der Waals surface area (Å²) in [6.07, 6.45) is 3.36. The third-order valence-electron chi connectivity index (χ3n) is 5.28. The molecule has 0 aromatic heterocycles. The van der Waals surface area contributed by atoms with Crippen molar-refractivity contribution in [2.45, 2.75) is 64.6 Å². The van der Waals surface area contributed by atoms with Crippen LogP contribution in [-0.2, 0) is 6.42 Å². The molecule has 0 bridgehead atoms. The second kappa shape index (κ2) is 6.52. The molecule has 0 saturated carbocycles. The molecule has 1 saturated heterocycles. The van der Waals surface area contributed by atoms with Crippen molar-refractivity contribution in [3.8, 4) is 0 Å². The number of nitrogens with one attached hydrogen (secondary N) is 1. The van der Waals surface area contributed by atoms with E-state index in [0.717, 1.165) is 25.8 Å². The molecule has 2 amide bonds. The van der Waals surface area contributed by atoms with Crippen LogP contribution in [0.15, 0.2) is 18.2 Å². The number of likely N-dealkylation sites (tertiary alicyclic amines) is 1. The van der Waals surface area contributed by atoms with Crippen LogP contribution in [0.3, 0.4) is 0 Å². The molecule has 3 rings (SSSR count). The molecular formula is C19H28N2O2. The molecule has 23 heavy (non-hydrogen) atoms. The molecule has 2 aliphatic rings. The van der Waals surface area contributed by atoms with Crippen molar-refractivity contribution in [2.75, 3.05) is 6.54 Å². The van der Waals surface area contributed by atoms with Gasteiger partial charge in [-0.05, 0) is 56.6 Å². The van der Waals surface area contributed by atoms with E-state index in [1.54, 1.807) is 6.92 Å². The number of carbonyl (C=O) groups is 1. The van der Waals surface area contributed by atoms with Crippen molar-refractivity contribution in [3.63, 3.8) is 0 Å². The number of benzene rings is 1. The third kappa shape index (κ3) is 3.37. The average Bonchev–Trinajstić information content (AvgIpc) is 3.04. The Balaban J connectivity index is 1.72. The summed E-state index contributed by atoms with van der Waals surface area (Å²) in [6, 6.07) is 6.85. The Bertz CT molecular complexity index is 585. The van der Waals surface area contributed by atoms with Crippen LogP contribution in [0.4, 0.5) is 4.79 Å². The zero-order chi connectivity index (χ0) is 16.6. The van der Waals surface area contributed by atoms with E-state index in [1.165, 1.54) is 16.7 Å². The molecule has 0 radical (unpaired) electrons. The lowest BCUT2D eigenvalue weighted by Gasteiger charge is -2.29. The van der Waals surface area contributed by atoms with Crippen LogP contribution >= 0.6 is 0 Å². The van der Waals surface area contributed by atoms with Crippen molar-refractivity contribution in [1.82, 2.24) is 10.2 Å². The number of nitrogens with zero attached hydrogens (tertiary/aromatic N) is 1. The average molecular weight is 316 g/mol. The van der Waals surface area contributed by atoms with Gasteiger partial charge >= 0.3 is 6.03 Å². The maximum Gasteiger partial charge on any atom is 0.318 e. The Morgan fingerprint density at radius 2 is 2.26 bits per heavy atom. The number of aliphatic hydroxyl groups excluding tert-OH is 1. The highest BCUT2D eigenvalue weighted by Crippen LogP contribution is 2.36. The Hall–Kier alpha value is -1.55. The number of hydrogen-bond donors (Lipinski definition) is 2. The molecule has 4 atom stereocenters. The highest BCUT2D eigenvalue weighted by atomic mass is 16.3. The number of urea groups is 1. The first kappa shape index (κ1) is 16.3. The summed E-state index contributed by atoms with van der Waals surface area (Å²) in [5.41, 5.74) is 3.87. The van der Waals surface area contributed by atoms with Gasteiger partial charge in [0.15, 0.2) is 0 Å². The lowest BCUT2D eigenvalue weighted by molar-refractivity contribution is 0.136. The number of fused-ring (bicyclic) bond motifs is 1. The largest absolute Gasteiger partial charge is 0.393 e. The van der Waals surface area contributed by atoms with Gasteiger partial charge < -0.3 is 15.3 Å². The summed E-state index contributed by atoms with van der Waals surface area (Å²) in [6.45, 7) is 6.90. The van der Waals surface area contributed by atoms with Gasteiger partial charge in [0.2, 0.25) is 0 Å². The van der Waals surface area contributed by atoms with Crippen LogP contribution in [-0.4, -0.2) is 34.7 Å². The zero-order valence-electron chi connectivity index (χ0n) is 14.4. The van der Waals surface area contributed by atoms with Gasteiger partial charge in [-0.25, -0.2) is 4.79 Å². The van der Waals surface area contributed by atoms with Crippen LogP contribution in [0.5, 0.6) is 0 Å². The monoisotopic (exact) mass is 316 g/mol. The molecule has 0 spiro atoms. The molecular weight excluding hydrogens is 288 g/mol. The molecule has 1 fully saturated rings. The van der Waals surface area contributed by atoms with Gasteiger partial charge in [0, 0.05) is 12.6 Å². The Morgan fingerprint density at radius 1 is 1.48 bits per heavy atom. The summed E-state index contributed by atoms with van der Waals surface area (Å²) in [5.74, 6) is 0.425. The van der Waals surface area contributed by atoms with Crippen molar-refractivity contribution in [3.05, 3.63) is 34.9 Å². The molecule has 1 aliphatic carbocycles. The number of amides is 2. The van der Waals surface area contributed by atoms with E-state index in [2.05, 4.69) is 37.4 Å². The number of rotatable bonds is 3. The van der Waals surface area contributed by atoms with Crippen molar-refractivity contribution >= 4 is 6.03 Å². The summed E-state index contributed by atoms with van der Waals surface area (Å²) in [7, 11) is 0. The van der Waals surface area contributed by atoms with Gasteiger partial charge in [-0.2, -0.15) is 0 Å². The highest BCUT2D eigenvalue weighted by molar-refractivity contribution is 5.75. The maximum absolute atomic E-state index is 12.8. The van der Waals surface area contributed by atoms with Crippen LogP contribution < -0.4 is 5.32 Å². The Morgan fingerprint density at radius 3 is 3.00 bits per heavy atom. The summed E-state index contributed by atoms with van der Waals surface area (Å²) in [4.78, 5) is 14.7. The molecule has 2 N–H and O–H groups in total.